The van der Waals surface area contributed by atoms with Crippen molar-refractivity contribution in [3.8, 4) is 0 Å². The van der Waals surface area contributed by atoms with Crippen molar-refractivity contribution < 1.29 is 14.3 Å². The molecule has 1 N–H and O–H groups in total. The molecule has 2 aromatic carbocycles. The molecule has 19 heavy (non-hydrogen) atoms. The van der Waals surface area contributed by atoms with Crippen LogP contribution in [0.4, 0.5) is 4.39 Å². The Balaban J connectivity index is 1.88. The SMILES string of the molecule is O=C1c2ccccc2[C@@H](O)[C@@H]1Cc1ccc(F)cc1. The summed E-state index contributed by atoms with van der Waals surface area (Å²) in [6.45, 7) is 0. The smallest absolute Gasteiger partial charge is 0.169 e. The predicted octanol–water partition coefficient (Wildman–Crippen LogP) is 2.91. The average Bonchev–Trinajstić information content (AvgIpc) is 2.67. The van der Waals surface area contributed by atoms with E-state index in [0.717, 1.165) is 5.56 Å². The van der Waals surface area contributed by atoms with Gasteiger partial charge in [0.25, 0.3) is 0 Å². The van der Waals surface area contributed by atoms with E-state index in [2.05, 4.69) is 0 Å². The second-order valence-electron chi connectivity index (χ2n) is 4.83. The highest BCUT2D eigenvalue weighted by Gasteiger charge is 2.38. The maximum absolute atomic E-state index is 12.9. The summed E-state index contributed by atoms with van der Waals surface area (Å²) in [4.78, 5) is 12.2. The molecule has 0 heterocycles. The fraction of sp³-hybridized carbons (Fsp3) is 0.188. The van der Waals surface area contributed by atoms with E-state index < -0.39 is 12.0 Å². The van der Waals surface area contributed by atoms with E-state index in [1.807, 2.05) is 6.07 Å². The number of hydrogen-bond donors (Lipinski definition) is 1. The Morgan fingerprint density at radius 2 is 1.74 bits per heavy atom. The van der Waals surface area contributed by atoms with Crippen LogP contribution in [0.25, 0.3) is 0 Å². The van der Waals surface area contributed by atoms with Crippen molar-refractivity contribution in [2.24, 2.45) is 5.92 Å². The molecule has 96 valence electrons. The number of Topliss-reactive ketones (excluding diaryl/α,β-unsaturated/α-hetero) is 1. The van der Waals surface area contributed by atoms with Gasteiger partial charge in [-0.15, -0.1) is 0 Å². The summed E-state index contributed by atoms with van der Waals surface area (Å²) in [6.07, 6.45) is -0.344. The monoisotopic (exact) mass is 256 g/mol. The first-order valence-electron chi connectivity index (χ1n) is 6.22. The van der Waals surface area contributed by atoms with Crippen LogP contribution in [0.5, 0.6) is 0 Å². The molecule has 2 nitrogen and oxygen atoms in total. The van der Waals surface area contributed by atoms with Crippen molar-refractivity contribution >= 4 is 5.78 Å². The summed E-state index contributed by atoms with van der Waals surface area (Å²) in [7, 11) is 0. The molecule has 0 radical (unpaired) electrons. The van der Waals surface area contributed by atoms with Gasteiger partial charge in [0.05, 0.1) is 12.0 Å². The summed E-state index contributed by atoms with van der Waals surface area (Å²) in [6, 6.07) is 13.2. The molecule has 3 rings (SSSR count). The van der Waals surface area contributed by atoms with Gasteiger partial charge >= 0.3 is 0 Å². The van der Waals surface area contributed by atoms with Gasteiger partial charge in [-0.25, -0.2) is 4.39 Å². The number of benzene rings is 2. The third-order valence-corrected chi connectivity index (χ3v) is 3.63. The lowest BCUT2D eigenvalue weighted by Gasteiger charge is -2.13. The van der Waals surface area contributed by atoms with E-state index in [-0.39, 0.29) is 11.6 Å². The molecular formula is C16H13FO2. The zero-order valence-corrected chi connectivity index (χ0v) is 10.2. The van der Waals surface area contributed by atoms with Gasteiger partial charge in [-0.1, -0.05) is 36.4 Å². The lowest BCUT2D eigenvalue weighted by Crippen LogP contribution is -2.16. The van der Waals surface area contributed by atoms with E-state index in [1.165, 1.54) is 12.1 Å². The van der Waals surface area contributed by atoms with Gasteiger partial charge in [0, 0.05) is 5.56 Å². The minimum absolute atomic E-state index is 0.0348. The van der Waals surface area contributed by atoms with E-state index in [0.29, 0.717) is 17.5 Å². The van der Waals surface area contributed by atoms with E-state index in [4.69, 9.17) is 0 Å². The third-order valence-electron chi connectivity index (χ3n) is 3.63. The van der Waals surface area contributed by atoms with Gasteiger partial charge in [-0.2, -0.15) is 0 Å². The van der Waals surface area contributed by atoms with Gasteiger partial charge in [-0.05, 0) is 29.7 Å². The molecule has 0 saturated heterocycles. The zero-order chi connectivity index (χ0) is 13.4. The Bertz CT molecular complexity index is 619. The average molecular weight is 256 g/mol. The summed E-state index contributed by atoms with van der Waals surface area (Å²) in [5.74, 6) is -0.805. The molecule has 0 fully saturated rings. The minimum Gasteiger partial charge on any atom is -0.388 e. The van der Waals surface area contributed by atoms with Gasteiger partial charge in [0.2, 0.25) is 0 Å². The van der Waals surface area contributed by atoms with Crippen LogP contribution >= 0.6 is 0 Å². The second-order valence-corrected chi connectivity index (χ2v) is 4.83. The minimum atomic E-state index is -0.770. The van der Waals surface area contributed by atoms with E-state index in [9.17, 15) is 14.3 Å². The van der Waals surface area contributed by atoms with Gasteiger partial charge < -0.3 is 5.11 Å². The number of halogens is 1. The lowest BCUT2D eigenvalue weighted by molar-refractivity contribution is 0.0757. The largest absolute Gasteiger partial charge is 0.388 e. The van der Waals surface area contributed by atoms with Crippen LogP contribution in [0, 0.1) is 11.7 Å². The summed E-state index contributed by atoms with van der Waals surface area (Å²) < 4.78 is 12.9. The molecule has 0 saturated carbocycles. The first kappa shape index (κ1) is 12.1. The lowest BCUT2D eigenvalue weighted by atomic mass is 9.94. The number of aliphatic hydroxyl groups is 1. The Hall–Kier alpha value is -2.00. The molecule has 3 heteroatoms. The Morgan fingerprint density at radius 3 is 2.42 bits per heavy atom. The van der Waals surface area contributed by atoms with Crippen molar-refractivity contribution in [3.63, 3.8) is 0 Å². The van der Waals surface area contributed by atoms with Crippen LogP contribution in [-0.2, 0) is 6.42 Å². The standard InChI is InChI=1S/C16H13FO2/c17-11-7-5-10(6-8-11)9-14-15(18)12-3-1-2-4-13(12)16(14)19/h1-8,14-15,18H,9H2/t14-,15+/m0/s1. The van der Waals surface area contributed by atoms with Crippen molar-refractivity contribution in [1.82, 2.24) is 0 Å². The summed E-state index contributed by atoms with van der Waals surface area (Å²) in [5.41, 5.74) is 2.15. The number of carbonyl (C=O) groups is 1. The Labute approximate surface area is 110 Å². The fourth-order valence-corrected chi connectivity index (χ4v) is 2.62. The summed E-state index contributed by atoms with van der Waals surface area (Å²) in [5, 5.41) is 10.2. The van der Waals surface area contributed by atoms with E-state index >= 15 is 0 Å². The molecule has 1 aliphatic rings. The molecule has 0 aliphatic heterocycles. The first-order chi connectivity index (χ1) is 9.16. The topological polar surface area (TPSA) is 37.3 Å². The number of rotatable bonds is 2. The normalized spacial score (nSPS) is 21.5. The van der Waals surface area contributed by atoms with Crippen LogP contribution in [0.2, 0.25) is 0 Å². The maximum Gasteiger partial charge on any atom is 0.169 e. The van der Waals surface area contributed by atoms with Crippen molar-refractivity contribution in [2.75, 3.05) is 0 Å². The first-order valence-corrected chi connectivity index (χ1v) is 6.22. The Kier molecular flexibility index (Phi) is 2.91. The van der Waals surface area contributed by atoms with Gasteiger partial charge in [0.1, 0.15) is 5.82 Å². The molecule has 1 aliphatic carbocycles. The van der Waals surface area contributed by atoms with Crippen molar-refractivity contribution in [2.45, 2.75) is 12.5 Å². The van der Waals surface area contributed by atoms with Gasteiger partial charge in [0.15, 0.2) is 5.78 Å². The number of carbonyl (C=O) groups excluding carboxylic acids is 1. The van der Waals surface area contributed by atoms with Crippen LogP contribution in [0.1, 0.15) is 27.6 Å². The highest BCUT2D eigenvalue weighted by molar-refractivity contribution is 6.03. The highest BCUT2D eigenvalue weighted by atomic mass is 19.1. The predicted molar refractivity (Wildman–Crippen MR) is 69.3 cm³/mol. The fourth-order valence-electron chi connectivity index (χ4n) is 2.62. The molecule has 0 spiro atoms. The van der Waals surface area contributed by atoms with Crippen LogP contribution in [-0.4, -0.2) is 10.9 Å². The molecule has 2 atom stereocenters. The molecule has 0 aromatic heterocycles. The number of ketones is 1. The second kappa shape index (κ2) is 4.59. The molecule has 0 amide bonds. The van der Waals surface area contributed by atoms with Gasteiger partial charge in [-0.3, -0.25) is 4.79 Å². The number of hydrogen-bond acceptors (Lipinski definition) is 2. The zero-order valence-electron chi connectivity index (χ0n) is 10.2. The number of fused-ring (bicyclic) bond motifs is 1. The molecule has 0 unspecified atom stereocenters. The quantitative estimate of drug-likeness (QED) is 0.897. The molecule has 0 bridgehead atoms. The van der Waals surface area contributed by atoms with E-state index in [1.54, 1.807) is 30.3 Å². The van der Waals surface area contributed by atoms with Crippen LogP contribution in [0.3, 0.4) is 0 Å². The molecule has 2 aromatic rings. The number of aliphatic hydroxyl groups excluding tert-OH is 1. The van der Waals surface area contributed by atoms with Crippen LogP contribution < -0.4 is 0 Å². The van der Waals surface area contributed by atoms with Crippen molar-refractivity contribution in [1.29, 1.82) is 0 Å². The Morgan fingerprint density at radius 1 is 1.05 bits per heavy atom. The third kappa shape index (κ3) is 2.06. The van der Waals surface area contributed by atoms with Crippen molar-refractivity contribution in [3.05, 3.63) is 71.0 Å². The highest BCUT2D eigenvalue weighted by Crippen LogP contribution is 2.37. The van der Waals surface area contributed by atoms with Crippen LogP contribution in [0.15, 0.2) is 48.5 Å². The maximum atomic E-state index is 12.9. The molecular weight excluding hydrogens is 243 g/mol. The summed E-state index contributed by atoms with van der Waals surface area (Å²) >= 11 is 0.